The minimum absolute atomic E-state index is 0.269. The lowest BCUT2D eigenvalue weighted by Gasteiger charge is -2.19. The number of carbonyl (C=O) groups excluding carboxylic acids is 1. The van der Waals surface area contributed by atoms with Crippen molar-refractivity contribution in [3.63, 3.8) is 0 Å². The molecule has 0 heterocycles. The molecule has 0 N–H and O–H groups in total. The summed E-state index contributed by atoms with van der Waals surface area (Å²) in [5, 5.41) is 0. The first-order chi connectivity index (χ1) is 8.60. The van der Waals surface area contributed by atoms with Crippen molar-refractivity contribution >= 4 is 11.5 Å². The SMILES string of the molecule is CC/C(=C1/C=CC=CC1=NC)C(C)CCC(C)=O. The van der Waals surface area contributed by atoms with E-state index in [0.29, 0.717) is 12.3 Å². The molecule has 2 nitrogen and oxygen atoms in total. The van der Waals surface area contributed by atoms with Crippen LogP contribution < -0.4 is 0 Å². The minimum Gasteiger partial charge on any atom is -0.300 e. The van der Waals surface area contributed by atoms with E-state index in [1.165, 1.54) is 11.1 Å². The maximum Gasteiger partial charge on any atom is 0.129 e. The van der Waals surface area contributed by atoms with E-state index < -0.39 is 0 Å². The second-order valence-corrected chi connectivity index (χ2v) is 4.76. The molecule has 0 saturated carbocycles. The standard InChI is InChI=1S/C16H23NO/c1-5-14(12(2)10-11-13(3)18)15-8-6-7-9-16(15)17-4/h6-9,12H,5,10-11H2,1-4H3/b15-14+,17-16?. The third kappa shape index (κ3) is 3.80. The summed E-state index contributed by atoms with van der Waals surface area (Å²) in [6.45, 7) is 6.04. The molecule has 0 aromatic heterocycles. The normalized spacial score (nSPS) is 21.2. The van der Waals surface area contributed by atoms with Crippen LogP contribution in [0.4, 0.5) is 0 Å². The Kier molecular flexibility index (Phi) is 5.76. The molecule has 0 aromatic carbocycles. The summed E-state index contributed by atoms with van der Waals surface area (Å²) in [7, 11) is 1.83. The zero-order valence-electron chi connectivity index (χ0n) is 11.9. The Hall–Kier alpha value is -1.44. The molecule has 1 rings (SSSR count). The van der Waals surface area contributed by atoms with Gasteiger partial charge in [0.15, 0.2) is 0 Å². The minimum atomic E-state index is 0.269. The Morgan fingerprint density at radius 2 is 2.00 bits per heavy atom. The van der Waals surface area contributed by atoms with Crippen molar-refractivity contribution in [1.29, 1.82) is 0 Å². The number of nitrogens with zero attached hydrogens (tertiary/aromatic N) is 1. The smallest absolute Gasteiger partial charge is 0.129 e. The maximum absolute atomic E-state index is 11.1. The van der Waals surface area contributed by atoms with Crippen molar-refractivity contribution in [3.05, 3.63) is 35.5 Å². The average Bonchev–Trinajstić information content (AvgIpc) is 2.37. The fourth-order valence-corrected chi connectivity index (χ4v) is 2.34. The zero-order chi connectivity index (χ0) is 13.5. The molecule has 0 aliphatic heterocycles. The highest BCUT2D eigenvalue weighted by atomic mass is 16.1. The fraction of sp³-hybridized carbons (Fsp3) is 0.500. The van der Waals surface area contributed by atoms with Gasteiger partial charge in [-0.3, -0.25) is 4.99 Å². The summed E-state index contributed by atoms with van der Waals surface area (Å²) in [5.74, 6) is 0.701. The first kappa shape index (κ1) is 14.6. The van der Waals surface area contributed by atoms with Gasteiger partial charge in [-0.25, -0.2) is 0 Å². The Bertz CT molecular complexity index is 424. The molecule has 0 fully saturated rings. The van der Waals surface area contributed by atoms with E-state index >= 15 is 0 Å². The van der Waals surface area contributed by atoms with Crippen molar-refractivity contribution in [2.45, 2.75) is 40.0 Å². The van der Waals surface area contributed by atoms with Crippen LogP contribution in [0, 0.1) is 5.92 Å². The van der Waals surface area contributed by atoms with Gasteiger partial charge in [0.1, 0.15) is 5.78 Å². The zero-order valence-corrected chi connectivity index (χ0v) is 11.9. The number of hydrogen-bond acceptors (Lipinski definition) is 2. The molecule has 1 aliphatic rings. The van der Waals surface area contributed by atoms with E-state index in [9.17, 15) is 4.79 Å². The van der Waals surface area contributed by atoms with Gasteiger partial charge in [0.25, 0.3) is 0 Å². The summed E-state index contributed by atoms with van der Waals surface area (Å²) in [4.78, 5) is 15.4. The van der Waals surface area contributed by atoms with Crippen LogP contribution in [0.5, 0.6) is 0 Å². The number of rotatable bonds is 5. The van der Waals surface area contributed by atoms with Gasteiger partial charge in [-0.2, -0.15) is 0 Å². The van der Waals surface area contributed by atoms with Crippen molar-refractivity contribution < 1.29 is 4.79 Å². The third-order valence-corrected chi connectivity index (χ3v) is 3.40. The number of aliphatic imine (C=N–C) groups is 1. The number of Topliss-reactive ketones (excluding diaryl/α,β-unsaturated/α-hetero) is 1. The Morgan fingerprint density at radius 3 is 2.56 bits per heavy atom. The van der Waals surface area contributed by atoms with Crippen LogP contribution in [0.15, 0.2) is 40.4 Å². The summed E-state index contributed by atoms with van der Waals surface area (Å²) >= 11 is 0. The van der Waals surface area contributed by atoms with Gasteiger partial charge in [-0.1, -0.05) is 37.6 Å². The summed E-state index contributed by atoms with van der Waals surface area (Å²) in [6, 6.07) is 0. The molecular formula is C16H23NO. The van der Waals surface area contributed by atoms with Crippen molar-refractivity contribution in [2.75, 3.05) is 7.05 Å². The molecule has 2 heteroatoms. The molecule has 0 saturated heterocycles. The highest BCUT2D eigenvalue weighted by Gasteiger charge is 2.15. The largest absolute Gasteiger partial charge is 0.300 e. The highest BCUT2D eigenvalue weighted by Crippen LogP contribution is 2.26. The summed E-state index contributed by atoms with van der Waals surface area (Å²) in [6.07, 6.45) is 10.8. The van der Waals surface area contributed by atoms with Gasteiger partial charge in [-0.15, -0.1) is 0 Å². The number of allylic oxidation sites excluding steroid dienone is 6. The molecule has 98 valence electrons. The van der Waals surface area contributed by atoms with Gasteiger partial charge >= 0.3 is 0 Å². The summed E-state index contributed by atoms with van der Waals surface area (Å²) < 4.78 is 0. The monoisotopic (exact) mass is 245 g/mol. The fourth-order valence-electron chi connectivity index (χ4n) is 2.34. The second-order valence-electron chi connectivity index (χ2n) is 4.76. The van der Waals surface area contributed by atoms with E-state index in [1.807, 2.05) is 19.2 Å². The number of ketones is 1. The summed E-state index contributed by atoms with van der Waals surface area (Å²) in [5.41, 5.74) is 3.68. The Labute approximate surface area is 110 Å². The van der Waals surface area contributed by atoms with Crippen LogP contribution in [-0.4, -0.2) is 18.5 Å². The van der Waals surface area contributed by atoms with Crippen LogP contribution in [-0.2, 0) is 4.79 Å². The van der Waals surface area contributed by atoms with Crippen LogP contribution in [0.25, 0.3) is 0 Å². The lowest BCUT2D eigenvalue weighted by Crippen LogP contribution is -2.10. The quantitative estimate of drug-likeness (QED) is 0.722. The molecule has 1 atom stereocenters. The topological polar surface area (TPSA) is 29.4 Å². The molecule has 0 bridgehead atoms. The molecule has 0 spiro atoms. The maximum atomic E-state index is 11.1. The van der Waals surface area contributed by atoms with Gasteiger partial charge in [0.05, 0.1) is 5.71 Å². The lowest BCUT2D eigenvalue weighted by atomic mass is 9.86. The van der Waals surface area contributed by atoms with E-state index in [1.54, 1.807) is 6.92 Å². The molecule has 1 aliphatic carbocycles. The Balaban J connectivity index is 2.96. The molecule has 1 unspecified atom stereocenters. The van der Waals surface area contributed by atoms with E-state index in [2.05, 4.69) is 31.0 Å². The average molecular weight is 245 g/mol. The highest BCUT2D eigenvalue weighted by molar-refractivity contribution is 6.12. The van der Waals surface area contributed by atoms with Crippen LogP contribution in [0.3, 0.4) is 0 Å². The predicted octanol–water partition coefficient (Wildman–Crippen LogP) is 3.90. The molecular weight excluding hydrogens is 222 g/mol. The van der Waals surface area contributed by atoms with Gasteiger partial charge in [0.2, 0.25) is 0 Å². The van der Waals surface area contributed by atoms with Crippen molar-refractivity contribution in [3.8, 4) is 0 Å². The first-order valence-corrected chi connectivity index (χ1v) is 6.64. The molecule has 0 radical (unpaired) electrons. The Morgan fingerprint density at radius 1 is 1.33 bits per heavy atom. The van der Waals surface area contributed by atoms with Crippen molar-refractivity contribution in [1.82, 2.24) is 0 Å². The molecule has 0 aromatic rings. The van der Waals surface area contributed by atoms with Crippen molar-refractivity contribution in [2.24, 2.45) is 10.9 Å². The van der Waals surface area contributed by atoms with E-state index in [-0.39, 0.29) is 5.78 Å². The third-order valence-electron chi connectivity index (χ3n) is 3.40. The van der Waals surface area contributed by atoms with E-state index in [0.717, 1.165) is 18.6 Å². The lowest BCUT2D eigenvalue weighted by molar-refractivity contribution is -0.117. The molecule has 18 heavy (non-hydrogen) atoms. The van der Waals surface area contributed by atoms with E-state index in [4.69, 9.17) is 0 Å². The second kappa shape index (κ2) is 7.10. The van der Waals surface area contributed by atoms with Gasteiger partial charge in [0, 0.05) is 13.5 Å². The van der Waals surface area contributed by atoms with Crippen LogP contribution in [0.1, 0.15) is 40.0 Å². The predicted molar refractivity (Wildman–Crippen MR) is 78.0 cm³/mol. The van der Waals surface area contributed by atoms with Gasteiger partial charge < -0.3 is 4.79 Å². The first-order valence-electron chi connectivity index (χ1n) is 6.64. The molecule has 0 amide bonds. The number of carbonyl (C=O) groups is 1. The van der Waals surface area contributed by atoms with Crippen LogP contribution in [0.2, 0.25) is 0 Å². The number of hydrogen-bond donors (Lipinski definition) is 0. The van der Waals surface area contributed by atoms with Crippen LogP contribution >= 0.6 is 0 Å². The van der Waals surface area contributed by atoms with Gasteiger partial charge in [-0.05, 0) is 37.3 Å².